The van der Waals surface area contributed by atoms with E-state index in [2.05, 4.69) is 21.8 Å². The highest BCUT2D eigenvalue weighted by atomic mass is 32.1. The monoisotopic (exact) mass is 358 g/mol. The Morgan fingerprint density at radius 3 is 2.88 bits per heavy atom. The van der Waals surface area contributed by atoms with Crippen molar-refractivity contribution in [3.05, 3.63) is 40.1 Å². The maximum absolute atomic E-state index is 11.9. The Labute approximate surface area is 153 Å². The van der Waals surface area contributed by atoms with Crippen LogP contribution in [0.1, 0.15) is 59.9 Å². The van der Waals surface area contributed by atoms with Crippen LogP contribution in [0, 0.1) is 11.8 Å². The van der Waals surface area contributed by atoms with Crippen LogP contribution >= 0.6 is 11.3 Å². The summed E-state index contributed by atoms with van der Waals surface area (Å²) in [4.78, 5) is 19.1. The molecular formula is C20H26N2O2S. The van der Waals surface area contributed by atoms with Crippen molar-refractivity contribution in [1.29, 1.82) is 0 Å². The van der Waals surface area contributed by atoms with Crippen LogP contribution in [0.5, 0.6) is 0 Å². The summed E-state index contributed by atoms with van der Waals surface area (Å²) in [5.74, 6) is 0.664. The molecule has 0 bridgehead atoms. The van der Waals surface area contributed by atoms with E-state index in [9.17, 15) is 4.79 Å². The van der Waals surface area contributed by atoms with E-state index < -0.39 is 0 Å². The average molecular weight is 359 g/mol. The predicted octanol–water partition coefficient (Wildman–Crippen LogP) is 4.39. The van der Waals surface area contributed by atoms with E-state index >= 15 is 0 Å². The second-order valence-corrected chi connectivity index (χ2v) is 8.58. The standard InChI is InChI=1S/C20H26N2O2S/c1-24-20(23)15-7-8-17-16(11-15)12-18(25-17)19(22-10-9-21-13-22)14-5-3-2-4-6-14/h9-10,12-15,19H,2-8,11H2,1H3. The minimum absolute atomic E-state index is 0.0290. The third-order valence-corrected chi connectivity index (χ3v) is 7.18. The SMILES string of the molecule is COC(=O)C1CCc2sc(C(C3CCCCC3)n3ccnc3)cc2C1. The highest BCUT2D eigenvalue weighted by Gasteiger charge is 2.31. The lowest BCUT2D eigenvalue weighted by Crippen LogP contribution is -2.22. The number of carbonyl (C=O) groups is 1. The number of hydrogen-bond donors (Lipinski definition) is 0. The first kappa shape index (κ1) is 16.8. The van der Waals surface area contributed by atoms with E-state index in [0.717, 1.165) is 19.3 Å². The van der Waals surface area contributed by atoms with Crippen molar-refractivity contribution in [2.45, 2.75) is 57.4 Å². The zero-order valence-corrected chi connectivity index (χ0v) is 15.6. The third-order valence-electron chi connectivity index (χ3n) is 5.87. The Kier molecular flexibility index (Phi) is 4.93. The van der Waals surface area contributed by atoms with Crippen LogP contribution in [0.25, 0.3) is 0 Å². The molecule has 134 valence electrons. The van der Waals surface area contributed by atoms with Gasteiger partial charge in [-0.25, -0.2) is 4.98 Å². The molecule has 4 nitrogen and oxygen atoms in total. The van der Waals surface area contributed by atoms with Gasteiger partial charge in [0.05, 0.1) is 25.4 Å². The zero-order valence-electron chi connectivity index (χ0n) is 14.8. The lowest BCUT2D eigenvalue weighted by molar-refractivity contribution is -0.145. The Morgan fingerprint density at radius 1 is 1.32 bits per heavy atom. The summed E-state index contributed by atoms with van der Waals surface area (Å²) in [5.41, 5.74) is 1.36. The Balaban J connectivity index is 1.63. The van der Waals surface area contributed by atoms with E-state index in [1.54, 1.807) is 0 Å². The van der Waals surface area contributed by atoms with Gasteiger partial charge in [0.2, 0.25) is 0 Å². The van der Waals surface area contributed by atoms with Crippen molar-refractivity contribution in [3.8, 4) is 0 Å². The van der Waals surface area contributed by atoms with Crippen molar-refractivity contribution in [2.75, 3.05) is 7.11 Å². The number of fused-ring (bicyclic) bond motifs is 1. The number of esters is 1. The van der Waals surface area contributed by atoms with Gasteiger partial charge in [-0.1, -0.05) is 19.3 Å². The van der Waals surface area contributed by atoms with Crippen molar-refractivity contribution in [1.82, 2.24) is 9.55 Å². The van der Waals surface area contributed by atoms with Crippen LogP contribution in [-0.4, -0.2) is 22.6 Å². The molecule has 2 aliphatic rings. The number of carbonyl (C=O) groups excluding carboxylic acids is 1. The summed E-state index contributed by atoms with van der Waals surface area (Å²) < 4.78 is 7.26. The molecule has 0 N–H and O–H groups in total. The molecule has 2 atom stereocenters. The van der Waals surface area contributed by atoms with Gasteiger partial charge >= 0.3 is 5.97 Å². The molecule has 0 amide bonds. The Morgan fingerprint density at radius 2 is 2.16 bits per heavy atom. The molecule has 2 aliphatic carbocycles. The Hall–Kier alpha value is -1.62. The van der Waals surface area contributed by atoms with Gasteiger partial charge in [0.1, 0.15) is 0 Å². The maximum Gasteiger partial charge on any atom is 0.309 e. The largest absolute Gasteiger partial charge is 0.469 e. The number of aromatic nitrogens is 2. The fraction of sp³-hybridized carbons (Fsp3) is 0.600. The fourth-order valence-corrected chi connectivity index (χ4v) is 5.98. The first-order valence-electron chi connectivity index (χ1n) is 9.43. The van der Waals surface area contributed by atoms with Crippen LogP contribution in [0.2, 0.25) is 0 Å². The van der Waals surface area contributed by atoms with Gasteiger partial charge in [0.25, 0.3) is 0 Å². The van der Waals surface area contributed by atoms with E-state index in [1.807, 2.05) is 23.9 Å². The summed E-state index contributed by atoms with van der Waals surface area (Å²) in [6.07, 6.45) is 15.4. The van der Waals surface area contributed by atoms with E-state index in [4.69, 9.17) is 4.74 Å². The fourth-order valence-electron chi connectivity index (χ4n) is 4.57. The molecule has 0 saturated heterocycles. The smallest absolute Gasteiger partial charge is 0.309 e. The lowest BCUT2D eigenvalue weighted by atomic mass is 9.82. The van der Waals surface area contributed by atoms with E-state index in [-0.39, 0.29) is 11.9 Å². The quantitative estimate of drug-likeness (QED) is 0.761. The molecule has 25 heavy (non-hydrogen) atoms. The number of ether oxygens (including phenoxy) is 1. The van der Waals surface area contributed by atoms with Crippen molar-refractivity contribution in [3.63, 3.8) is 0 Å². The lowest BCUT2D eigenvalue weighted by Gasteiger charge is -2.30. The normalized spacial score (nSPS) is 22.4. The Bertz CT molecular complexity index is 716. The number of hydrogen-bond acceptors (Lipinski definition) is 4. The number of nitrogens with zero attached hydrogens (tertiary/aromatic N) is 2. The second kappa shape index (κ2) is 7.32. The van der Waals surface area contributed by atoms with Crippen LogP contribution in [0.3, 0.4) is 0 Å². The van der Waals surface area contributed by atoms with E-state index in [1.165, 1.54) is 54.5 Å². The number of rotatable bonds is 4. The summed E-state index contributed by atoms with van der Waals surface area (Å²) in [6.45, 7) is 0. The number of methoxy groups -OCH3 is 1. The highest BCUT2D eigenvalue weighted by molar-refractivity contribution is 7.12. The predicted molar refractivity (Wildman–Crippen MR) is 98.8 cm³/mol. The minimum Gasteiger partial charge on any atom is -0.469 e. The molecule has 2 unspecified atom stereocenters. The van der Waals surface area contributed by atoms with Gasteiger partial charge in [-0.2, -0.15) is 0 Å². The average Bonchev–Trinajstić information content (AvgIpc) is 3.31. The molecule has 1 saturated carbocycles. The van der Waals surface area contributed by atoms with E-state index in [0.29, 0.717) is 12.0 Å². The molecular weight excluding hydrogens is 332 g/mol. The topological polar surface area (TPSA) is 44.1 Å². The van der Waals surface area contributed by atoms with Crippen LogP contribution in [0.4, 0.5) is 0 Å². The molecule has 0 aliphatic heterocycles. The number of aryl methyl sites for hydroxylation is 1. The molecule has 0 aromatic carbocycles. The zero-order chi connectivity index (χ0) is 17.2. The number of thiophene rings is 1. The molecule has 5 heteroatoms. The van der Waals surface area contributed by atoms with Crippen molar-refractivity contribution < 1.29 is 9.53 Å². The van der Waals surface area contributed by atoms with Gasteiger partial charge in [0, 0.05) is 22.1 Å². The molecule has 2 heterocycles. The van der Waals surface area contributed by atoms with Gasteiger partial charge in [-0.15, -0.1) is 11.3 Å². The molecule has 2 aromatic heterocycles. The van der Waals surface area contributed by atoms with Crippen molar-refractivity contribution in [2.24, 2.45) is 11.8 Å². The molecule has 4 rings (SSSR count). The van der Waals surface area contributed by atoms with Crippen LogP contribution in [-0.2, 0) is 22.4 Å². The summed E-state index contributed by atoms with van der Waals surface area (Å²) in [6, 6.07) is 2.77. The second-order valence-electron chi connectivity index (χ2n) is 7.41. The van der Waals surface area contributed by atoms with Gasteiger partial charge in [-0.05, 0) is 49.7 Å². The van der Waals surface area contributed by atoms with Crippen molar-refractivity contribution >= 4 is 17.3 Å². The molecule has 0 spiro atoms. The summed E-state index contributed by atoms with van der Waals surface area (Å²) >= 11 is 1.96. The van der Waals surface area contributed by atoms with Gasteiger partial charge in [-0.3, -0.25) is 4.79 Å². The van der Waals surface area contributed by atoms with Gasteiger partial charge < -0.3 is 9.30 Å². The highest BCUT2D eigenvalue weighted by Crippen LogP contribution is 2.42. The maximum atomic E-state index is 11.9. The van der Waals surface area contributed by atoms with Gasteiger partial charge in [0.15, 0.2) is 0 Å². The molecule has 0 radical (unpaired) electrons. The van der Waals surface area contributed by atoms with Crippen LogP contribution < -0.4 is 0 Å². The minimum atomic E-state index is -0.0585. The molecule has 2 aromatic rings. The summed E-state index contributed by atoms with van der Waals surface area (Å²) in [5, 5.41) is 0. The van der Waals surface area contributed by atoms with Crippen LogP contribution in [0.15, 0.2) is 24.8 Å². The summed E-state index contributed by atoms with van der Waals surface area (Å²) in [7, 11) is 1.50. The number of imidazole rings is 1. The first-order valence-corrected chi connectivity index (χ1v) is 10.2. The first-order chi connectivity index (χ1) is 12.3. The molecule has 1 fully saturated rings. The third kappa shape index (κ3) is 3.39.